The normalized spacial score (nSPS) is 10.9. The van der Waals surface area contributed by atoms with Crippen LogP contribution in [0.1, 0.15) is 10.6 Å². The van der Waals surface area contributed by atoms with Crippen LogP contribution in [0.15, 0.2) is 62.8 Å². The van der Waals surface area contributed by atoms with Gasteiger partial charge in [0.25, 0.3) is 5.91 Å². The summed E-state index contributed by atoms with van der Waals surface area (Å²) in [5, 5.41) is 9.60. The van der Waals surface area contributed by atoms with Crippen molar-refractivity contribution in [1.29, 1.82) is 0 Å². The van der Waals surface area contributed by atoms with Crippen molar-refractivity contribution >= 4 is 50.0 Å². The molecule has 0 aliphatic rings. The van der Waals surface area contributed by atoms with Gasteiger partial charge in [-0.3, -0.25) is 4.79 Å². The van der Waals surface area contributed by atoms with Gasteiger partial charge in [0, 0.05) is 22.0 Å². The molecule has 0 spiro atoms. The van der Waals surface area contributed by atoms with Gasteiger partial charge in [-0.2, -0.15) is 0 Å². The Morgan fingerprint density at radius 2 is 2.00 bits per heavy atom. The second-order valence-corrected chi connectivity index (χ2v) is 6.55. The molecule has 1 N–H and O–H groups in total. The van der Waals surface area contributed by atoms with Crippen LogP contribution in [-0.2, 0) is 0 Å². The van der Waals surface area contributed by atoms with Gasteiger partial charge in [-0.15, -0.1) is 5.10 Å². The Morgan fingerprint density at radius 1 is 1.17 bits per heavy atom. The van der Waals surface area contributed by atoms with E-state index in [2.05, 4.69) is 30.8 Å². The molecule has 2 heterocycles. The van der Waals surface area contributed by atoms with E-state index < -0.39 is 0 Å². The third kappa shape index (κ3) is 2.83. The lowest BCUT2D eigenvalue weighted by molar-refractivity contribution is 0.0998. The Morgan fingerprint density at radius 3 is 2.71 bits per heavy atom. The van der Waals surface area contributed by atoms with Gasteiger partial charge in [0.2, 0.25) is 0 Å². The first-order valence-electron chi connectivity index (χ1n) is 7.07. The van der Waals surface area contributed by atoms with Crippen LogP contribution in [0.25, 0.3) is 22.2 Å². The number of furan rings is 1. The van der Waals surface area contributed by atoms with Crippen molar-refractivity contribution in [2.45, 2.75) is 0 Å². The van der Waals surface area contributed by atoms with Crippen LogP contribution < -0.4 is 5.32 Å². The predicted octanol–water partition coefficient (Wildman–Crippen LogP) is 4.97. The fraction of sp³-hybridized carbons (Fsp3) is 0. The average Bonchev–Trinajstić information content (AvgIpc) is 3.26. The lowest BCUT2D eigenvalue weighted by Crippen LogP contribution is -2.10. The van der Waals surface area contributed by atoms with Crippen molar-refractivity contribution in [1.82, 2.24) is 9.59 Å². The molecular weight excluding hydrogens is 390 g/mol. The van der Waals surface area contributed by atoms with E-state index >= 15 is 0 Å². The number of benzene rings is 2. The molecule has 5 nitrogen and oxygen atoms in total. The molecule has 0 aliphatic heterocycles. The Balaban J connectivity index is 1.55. The van der Waals surface area contributed by atoms with Crippen LogP contribution in [0, 0.1) is 0 Å². The second-order valence-electron chi connectivity index (χ2n) is 5.09. The average molecular weight is 400 g/mol. The summed E-state index contributed by atoms with van der Waals surface area (Å²) in [6.07, 6.45) is 0. The van der Waals surface area contributed by atoms with E-state index in [4.69, 9.17) is 4.42 Å². The first-order valence-corrected chi connectivity index (χ1v) is 8.70. The summed E-state index contributed by atoms with van der Waals surface area (Å²) in [6, 6.07) is 14.8. The molecule has 2 aromatic carbocycles. The summed E-state index contributed by atoms with van der Waals surface area (Å²) in [4.78, 5) is 12.4. The van der Waals surface area contributed by atoms with Crippen molar-refractivity contribution in [3.8, 4) is 11.3 Å². The SMILES string of the molecule is O=C(Nc1ccc(-c2csnn2)cc1)c1cc2cccc(Br)c2o1. The van der Waals surface area contributed by atoms with Crippen molar-refractivity contribution < 1.29 is 9.21 Å². The summed E-state index contributed by atoms with van der Waals surface area (Å²) in [5.74, 6) is -0.0224. The molecule has 118 valence electrons. The molecular formula is C17H10BrN3O2S. The van der Waals surface area contributed by atoms with Crippen molar-refractivity contribution in [3.05, 3.63) is 64.1 Å². The zero-order chi connectivity index (χ0) is 16.5. The quantitative estimate of drug-likeness (QED) is 0.528. The number of rotatable bonds is 3. The first-order chi connectivity index (χ1) is 11.7. The van der Waals surface area contributed by atoms with Gasteiger partial charge in [0.05, 0.1) is 4.47 Å². The Hall–Kier alpha value is -2.51. The Bertz CT molecular complexity index is 1010. The minimum Gasteiger partial charge on any atom is -0.450 e. The smallest absolute Gasteiger partial charge is 0.291 e. The van der Waals surface area contributed by atoms with E-state index in [1.54, 1.807) is 6.07 Å². The zero-order valence-corrected chi connectivity index (χ0v) is 14.6. The minimum absolute atomic E-state index is 0.268. The van der Waals surface area contributed by atoms with E-state index in [1.807, 2.05) is 47.8 Å². The molecule has 0 saturated carbocycles. The summed E-state index contributed by atoms with van der Waals surface area (Å²) >= 11 is 4.72. The molecule has 0 bridgehead atoms. The second kappa shape index (κ2) is 6.18. The minimum atomic E-state index is -0.291. The first kappa shape index (κ1) is 15.0. The molecule has 0 aliphatic carbocycles. The van der Waals surface area contributed by atoms with Gasteiger partial charge < -0.3 is 9.73 Å². The molecule has 2 aromatic heterocycles. The van der Waals surface area contributed by atoms with Gasteiger partial charge in [-0.25, -0.2) is 0 Å². The maximum absolute atomic E-state index is 12.4. The van der Waals surface area contributed by atoms with E-state index in [9.17, 15) is 4.79 Å². The molecule has 7 heteroatoms. The van der Waals surface area contributed by atoms with Gasteiger partial charge >= 0.3 is 0 Å². The number of nitrogens with one attached hydrogen (secondary N) is 1. The lowest BCUT2D eigenvalue weighted by Gasteiger charge is -2.03. The number of aromatic nitrogens is 2. The predicted molar refractivity (Wildman–Crippen MR) is 97.2 cm³/mol. The fourth-order valence-electron chi connectivity index (χ4n) is 2.35. The molecule has 4 aromatic rings. The van der Waals surface area contributed by atoms with E-state index in [1.165, 1.54) is 11.5 Å². The summed E-state index contributed by atoms with van der Waals surface area (Å²) < 4.78 is 10.3. The highest BCUT2D eigenvalue weighted by atomic mass is 79.9. The number of amides is 1. The van der Waals surface area contributed by atoms with Crippen LogP contribution in [0.3, 0.4) is 0 Å². The number of carbonyl (C=O) groups is 1. The van der Waals surface area contributed by atoms with Crippen LogP contribution in [0.5, 0.6) is 0 Å². The van der Waals surface area contributed by atoms with Crippen molar-refractivity contribution in [3.63, 3.8) is 0 Å². The zero-order valence-electron chi connectivity index (χ0n) is 12.2. The van der Waals surface area contributed by atoms with E-state index in [0.717, 1.165) is 21.1 Å². The largest absolute Gasteiger partial charge is 0.450 e. The van der Waals surface area contributed by atoms with Gasteiger partial charge in [-0.1, -0.05) is 28.8 Å². The van der Waals surface area contributed by atoms with E-state index in [0.29, 0.717) is 11.3 Å². The highest BCUT2D eigenvalue weighted by Gasteiger charge is 2.14. The topological polar surface area (TPSA) is 68.0 Å². The monoisotopic (exact) mass is 399 g/mol. The van der Waals surface area contributed by atoms with Crippen LogP contribution in [-0.4, -0.2) is 15.5 Å². The molecule has 1 amide bonds. The standard InChI is InChI=1S/C17H10BrN3O2S/c18-13-3-1-2-11-8-15(23-16(11)13)17(22)19-12-6-4-10(5-7-12)14-9-24-21-20-14/h1-9H,(H,19,22). The lowest BCUT2D eigenvalue weighted by atomic mass is 10.1. The van der Waals surface area contributed by atoms with Crippen molar-refractivity contribution in [2.24, 2.45) is 0 Å². The molecule has 24 heavy (non-hydrogen) atoms. The van der Waals surface area contributed by atoms with Crippen molar-refractivity contribution in [2.75, 3.05) is 5.32 Å². The number of hydrogen-bond acceptors (Lipinski definition) is 5. The number of carbonyl (C=O) groups excluding carboxylic acids is 1. The molecule has 0 saturated heterocycles. The van der Waals surface area contributed by atoms with E-state index in [-0.39, 0.29) is 11.7 Å². The summed E-state index contributed by atoms with van der Waals surface area (Å²) in [6.45, 7) is 0. The number of anilines is 1. The van der Waals surface area contributed by atoms with Crippen LogP contribution >= 0.6 is 27.5 Å². The number of hydrogen-bond donors (Lipinski definition) is 1. The van der Waals surface area contributed by atoms with Crippen LogP contribution in [0.2, 0.25) is 0 Å². The molecule has 0 atom stereocenters. The molecule has 0 fully saturated rings. The third-order valence-corrected chi connectivity index (χ3v) is 4.65. The Kier molecular flexibility index (Phi) is 3.87. The summed E-state index contributed by atoms with van der Waals surface area (Å²) in [5.41, 5.74) is 3.12. The Labute approximate surface area is 149 Å². The molecule has 4 rings (SSSR count). The third-order valence-electron chi connectivity index (χ3n) is 3.52. The molecule has 0 radical (unpaired) electrons. The maximum atomic E-state index is 12.4. The highest BCUT2D eigenvalue weighted by Crippen LogP contribution is 2.27. The number of halogens is 1. The molecule has 0 unspecified atom stereocenters. The fourth-order valence-corrected chi connectivity index (χ4v) is 3.27. The van der Waals surface area contributed by atoms with Gasteiger partial charge in [0.15, 0.2) is 5.76 Å². The summed E-state index contributed by atoms with van der Waals surface area (Å²) in [7, 11) is 0. The number of nitrogens with zero attached hydrogens (tertiary/aromatic N) is 2. The van der Waals surface area contributed by atoms with Gasteiger partial charge in [0.1, 0.15) is 11.3 Å². The highest BCUT2D eigenvalue weighted by molar-refractivity contribution is 9.10. The van der Waals surface area contributed by atoms with Gasteiger partial charge in [-0.05, 0) is 51.7 Å². The number of para-hydroxylation sites is 1. The number of fused-ring (bicyclic) bond motifs is 1. The van der Waals surface area contributed by atoms with Crippen LogP contribution in [0.4, 0.5) is 5.69 Å². The maximum Gasteiger partial charge on any atom is 0.291 e.